The van der Waals surface area contributed by atoms with Gasteiger partial charge in [0.05, 0.1) is 6.20 Å². The molecule has 4 rings (SSSR count). The predicted molar refractivity (Wildman–Crippen MR) is 101 cm³/mol. The van der Waals surface area contributed by atoms with E-state index in [9.17, 15) is 4.79 Å². The molecule has 0 aliphatic carbocycles. The third-order valence-corrected chi connectivity index (χ3v) is 5.01. The van der Waals surface area contributed by atoms with E-state index in [1.807, 2.05) is 6.07 Å². The number of anilines is 3. The average molecular weight is 353 g/mol. The van der Waals surface area contributed by atoms with Gasteiger partial charge in [0.2, 0.25) is 12.4 Å². The molecule has 2 fully saturated rings. The summed E-state index contributed by atoms with van der Waals surface area (Å²) in [6, 6.07) is 10.5. The van der Waals surface area contributed by atoms with Crippen LogP contribution in [0.15, 0.2) is 36.5 Å². The largest absolute Gasteiger partial charge is 0.368 e. The lowest BCUT2D eigenvalue weighted by Crippen LogP contribution is -2.48. The van der Waals surface area contributed by atoms with Crippen molar-refractivity contribution >= 4 is 23.9 Å². The van der Waals surface area contributed by atoms with Crippen LogP contribution in [-0.2, 0) is 4.79 Å². The molecule has 2 aromatic rings. The summed E-state index contributed by atoms with van der Waals surface area (Å²) < 4.78 is 0. The Bertz CT molecular complexity index is 725. The summed E-state index contributed by atoms with van der Waals surface area (Å²) in [5.41, 5.74) is 1.26. The van der Waals surface area contributed by atoms with Gasteiger partial charge in [-0.05, 0) is 12.1 Å². The summed E-state index contributed by atoms with van der Waals surface area (Å²) >= 11 is 0. The molecule has 0 atom stereocenters. The first kappa shape index (κ1) is 16.6. The molecular weight excluding hydrogens is 330 g/mol. The molecule has 0 unspecified atom stereocenters. The number of para-hydroxylation sites is 1. The summed E-state index contributed by atoms with van der Waals surface area (Å²) in [4.78, 5) is 24.1. The molecule has 0 radical (unpaired) electrons. The Morgan fingerprint density at radius 3 is 2.15 bits per heavy atom. The van der Waals surface area contributed by atoms with Crippen LogP contribution in [0, 0.1) is 0 Å². The summed E-state index contributed by atoms with van der Waals surface area (Å²) in [6.07, 6.45) is 2.62. The summed E-state index contributed by atoms with van der Waals surface area (Å²) in [5, 5.41) is 8.40. The predicted octanol–water partition coefficient (Wildman–Crippen LogP) is 0.477. The lowest BCUT2D eigenvalue weighted by atomic mass is 10.2. The smallest absolute Gasteiger partial charge is 0.247 e. The zero-order chi connectivity index (χ0) is 17.8. The topological polar surface area (TPSA) is 68.7 Å². The molecule has 8 nitrogen and oxygen atoms in total. The van der Waals surface area contributed by atoms with Crippen LogP contribution in [0.1, 0.15) is 0 Å². The van der Waals surface area contributed by atoms with Gasteiger partial charge in [0.15, 0.2) is 5.82 Å². The molecule has 0 N–H and O–H groups in total. The van der Waals surface area contributed by atoms with Crippen LogP contribution in [-0.4, -0.2) is 78.8 Å². The van der Waals surface area contributed by atoms with E-state index in [-0.39, 0.29) is 0 Å². The number of piperazine rings is 2. The van der Waals surface area contributed by atoms with Crippen molar-refractivity contribution in [3.63, 3.8) is 0 Å². The fourth-order valence-electron chi connectivity index (χ4n) is 3.43. The van der Waals surface area contributed by atoms with Crippen LogP contribution in [0.2, 0.25) is 0 Å². The number of benzene rings is 1. The monoisotopic (exact) mass is 353 g/mol. The van der Waals surface area contributed by atoms with Gasteiger partial charge in [-0.3, -0.25) is 4.79 Å². The number of rotatable bonds is 4. The molecule has 8 heteroatoms. The van der Waals surface area contributed by atoms with Crippen molar-refractivity contribution in [1.29, 1.82) is 0 Å². The molecule has 1 aromatic carbocycles. The number of amides is 1. The van der Waals surface area contributed by atoms with E-state index in [0.29, 0.717) is 5.95 Å². The molecular formula is C18H23N7O. The van der Waals surface area contributed by atoms with Gasteiger partial charge in [0.1, 0.15) is 0 Å². The van der Waals surface area contributed by atoms with E-state index < -0.39 is 0 Å². The molecule has 136 valence electrons. The highest BCUT2D eigenvalue weighted by molar-refractivity contribution is 5.50. The second-order valence-corrected chi connectivity index (χ2v) is 6.55. The molecule has 0 spiro atoms. The van der Waals surface area contributed by atoms with Gasteiger partial charge in [-0.25, -0.2) is 0 Å². The van der Waals surface area contributed by atoms with Gasteiger partial charge in [-0.2, -0.15) is 10.1 Å². The van der Waals surface area contributed by atoms with Crippen molar-refractivity contribution < 1.29 is 4.79 Å². The fourth-order valence-corrected chi connectivity index (χ4v) is 3.43. The van der Waals surface area contributed by atoms with Gasteiger partial charge >= 0.3 is 0 Å². The first-order valence-electron chi connectivity index (χ1n) is 9.02. The highest BCUT2D eigenvalue weighted by Crippen LogP contribution is 2.19. The third-order valence-electron chi connectivity index (χ3n) is 5.01. The van der Waals surface area contributed by atoms with Gasteiger partial charge in [-0.15, -0.1) is 5.10 Å². The van der Waals surface area contributed by atoms with Crippen LogP contribution in [0.5, 0.6) is 0 Å². The second kappa shape index (κ2) is 7.55. The van der Waals surface area contributed by atoms with E-state index >= 15 is 0 Å². The molecule has 0 bridgehead atoms. The minimum atomic E-state index is 0.688. The van der Waals surface area contributed by atoms with Crippen molar-refractivity contribution in [3.05, 3.63) is 36.5 Å². The molecule has 2 saturated heterocycles. The van der Waals surface area contributed by atoms with Crippen LogP contribution in [0.4, 0.5) is 17.5 Å². The fraction of sp³-hybridized carbons (Fsp3) is 0.444. The van der Waals surface area contributed by atoms with Gasteiger partial charge in [0, 0.05) is 58.0 Å². The molecule has 2 aliphatic rings. The SMILES string of the molecule is O=CN1CCN(c2cnnc(N3CCN(c4ccccc4)CC3)n2)CC1. The highest BCUT2D eigenvalue weighted by atomic mass is 16.1. The third kappa shape index (κ3) is 3.54. The Labute approximate surface area is 153 Å². The number of carbonyl (C=O) groups is 1. The first-order chi connectivity index (χ1) is 12.8. The Hall–Kier alpha value is -2.90. The molecule has 1 aromatic heterocycles. The minimum absolute atomic E-state index is 0.688. The molecule has 26 heavy (non-hydrogen) atoms. The number of hydrogen-bond donors (Lipinski definition) is 0. The van der Waals surface area contributed by atoms with Crippen LogP contribution >= 0.6 is 0 Å². The van der Waals surface area contributed by atoms with E-state index in [4.69, 9.17) is 4.98 Å². The number of hydrogen-bond acceptors (Lipinski definition) is 7. The normalized spacial score (nSPS) is 18.2. The van der Waals surface area contributed by atoms with Crippen molar-refractivity contribution in [1.82, 2.24) is 20.1 Å². The number of carbonyl (C=O) groups excluding carboxylic acids is 1. The first-order valence-corrected chi connectivity index (χ1v) is 9.02. The Kier molecular flexibility index (Phi) is 4.81. The minimum Gasteiger partial charge on any atom is -0.368 e. The summed E-state index contributed by atoms with van der Waals surface area (Å²) in [6.45, 7) is 6.62. The molecule has 2 aliphatic heterocycles. The Morgan fingerprint density at radius 2 is 1.46 bits per heavy atom. The van der Waals surface area contributed by atoms with Crippen LogP contribution < -0.4 is 14.7 Å². The maximum atomic E-state index is 10.9. The zero-order valence-electron chi connectivity index (χ0n) is 14.7. The van der Waals surface area contributed by atoms with E-state index in [0.717, 1.165) is 64.6 Å². The average Bonchev–Trinajstić information content (AvgIpc) is 2.75. The van der Waals surface area contributed by atoms with Crippen LogP contribution in [0.25, 0.3) is 0 Å². The quantitative estimate of drug-likeness (QED) is 0.741. The highest BCUT2D eigenvalue weighted by Gasteiger charge is 2.22. The maximum Gasteiger partial charge on any atom is 0.247 e. The number of aromatic nitrogens is 3. The lowest BCUT2D eigenvalue weighted by Gasteiger charge is -2.36. The lowest BCUT2D eigenvalue weighted by molar-refractivity contribution is -0.118. The number of nitrogens with zero attached hydrogens (tertiary/aromatic N) is 7. The van der Waals surface area contributed by atoms with Crippen LogP contribution in [0.3, 0.4) is 0 Å². The second-order valence-electron chi connectivity index (χ2n) is 6.55. The van der Waals surface area contributed by atoms with Crippen molar-refractivity contribution in [2.24, 2.45) is 0 Å². The standard InChI is InChI=1S/C18H23N7O/c26-15-22-6-8-24(9-7-22)17-14-19-21-18(20-17)25-12-10-23(11-13-25)16-4-2-1-3-5-16/h1-5,14-15H,6-13H2. The van der Waals surface area contributed by atoms with Gasteiger partial charge < -0.3 is 19.6 Å². The maximum absolute atomic E-state index is 10.9. The van der Waals surface area contributed by atoms with E-state index in [2.05, 4.69) is 49.2 Å². The summed E-state index contributed by atoms with van der Waals surface area (Å²) in [5.74, 6) is 1.53. The van der Waals surface area contributed by atoms with Gasteiger partial charge in [0.25, 0.3) is 0 Å². The summed E-state index contributed by atoms with van der Waals surface area (Å²) in [7, 11) is 0. The molecule has 0 saturated carbocycles. The van der Waals surface area contributed by atoms with Crippen molar-refractivity contribution in [2.45, 2.75) is 0 Å². The van der Waals surface area contributed by atoms with E-state index in [1.165, 1.54) is 5.69 Å². The van der Waals surface area contributed by atoms with Gasteiger partial charge in [-0.1, -0.05) is 18.2 Å². The molecule has 1 amide bonds. The van der Waals surface area contributed by atoms with E-state index in [1.54, 1.807) is 11.1 Å². The zero-order valence-corrected chi connectivity index (χ0v) is 14.7. The van der Waals surface area contributed by atoms with Crippen molar-refractivity contribution in [2.75, 3.05) is 67.1 Å². The Morgan fingerprint density at radius 1 is 0.808 bits per heavy atom. The Balaban J connectivity index is 1.39. The van der Waals surface area contributed by atoms with Crippen molar-refractivity contribution in [3.8, 4) is 0 Å². The molecule has 3 heterocycles.